The van der Waals surface area contributed by atoms with Gasteiger partial charge in [0.15, 0.2) is 0 Å². The summed E-state index contributed by atoms with van der Waals surface area (Å²) in [4.78, 5) is 64.6. The fourth-order valence-corrected chi connectivity index (χ4v) is 6.29. The number of rotatable bonds is 14. The van der Waals surface area contributed by atoms with Crippen LogP contribution < -0.4 is 0 Å². The van der Waals surface area contributed by atoms with Crippen LogP contribution in [-0.2, 0) is 64.4 Å². The average molecular weight is 773 g/mol. The van der Waals surface area contributed by atoms with Crippen LogP contribution >= 0.6 is 0 Å². The smallest absolute Gasteiger partial charge is 0.323 e. The second-order valence-electron chi connectivity index (χ2n) is 16.3. The number of carbonyl (C=O) groups is 4. The number of aromatic nitrogens is 1. The molecule has 1 aromatic heterocycles. The molecule has 2 atom stereocenters. The third-order valence-electron chi connectivity index (χ3n) is 9.10. The van der Waals surface area contributed by atoms with Crippen molar-refractivity contribution in [3.8, 4) is 0 Å². The van der Waals surface area contributed by atoms with Crippen molar-refractivity contribution < 1.29 is 38.1 Å². The lowest BCUT2D eigenvalue weighted by Gasteiger charge is -2.36. The number of esters is 4. The topological polar surface area (TPSA) is 128 Å². The van der Waals surface area contributed by atoms with E-state index < -0.39 is 47.2 Å². The number of pyridine rings is 1. The van der Waals surface area contributed by atoms with Crippen molar-refractivity contribution in [1.29, 1.82) is 0 Å². The predicted octanol–water partition coefficient (Wildman–Crippen LogP) is 6.10. The van der Waals surface area contributed by atoms with Crippen molar-refractivity contribution >= 4 is 23.9 Å². The fourth-order valence-electron chi connectivity index (χ4n) is 6.29. The van der Waals surface area contributed by atoms with Gasteiger partial charge in [-0.05, 0) is 84.7 Å². The summed E-state index contributed by atoms with van der Waals surface area (Å²) in [6, 6.07) is 23.2. The van der Waals surface area contributed by atoms with E-state index in [1.54, 1.807) is 0 Å². The van der Waals surface area contributed by atoms with Gasteiger partial charge in [-0.1, -0.05) is 66.7 Å². The number of likely N-dealkylation sites (N-methyl/N-ethyl adjacent to an activating group) is 1. The average Bonchev–Trinajstić information content (AvgIpc) is 3.13. The van der Waals surface area contributed by atoms with Gasteiger partial charge in [0.1, 0.15) is 36.5 Å². The summed E-state index contributed by atoms with van der Waals surface area (Å²) < 4.78 is 22.9. The van der Waals surface area contributed by atoms with E-state index in [4.69, 9.17) is 23.9 Å². The number of carbonyl (C=O) groups excluding carboxylic acids is 4. The molecule has 0 aliphatic carbocycles. The van der Waals surface area contributed by atoms with Crippen LogP contribution in [0.5, 0.6) is 0 Å². The van der Waals surface area contributed by atoms with E-state index >= 15 is 0 Å². The molecule has 1 unspecified atom stereocenters. The van der Waals surface area contributed by atoms with Gasteiger partial charge in [0.25, 0.3) is 0 Å². The van der Waals surface area contributed by atoms with Gasteiger partial charge in [-0.25, -0.2) is 0 Å². The molecule has 12 heteroatoms. The Kier molecular flexibility index (Phi) is 16.6. The molecular weight excluding hydrogens is 713 g/mol. The number of ether oxygens (including phenoxy) is 4. The molecular formula is C44H60N4O8. The molecule has 1 aliphatic rings. The summed E-state index contributed by atoms with van der Waals surface area (Å²) in [5.74, 6) is -1.60. The maximum atomic E-state index is 13.8. The Hall–Kier alpha value is -4.65. The molecule has 2 heterocycles. The fraction of sp³-hybridized carbons (Fsp3) is 0.523. The van der Waals surface area contributed by atoms with Crippen LogP contribution in [0.25, 0.3) is 0 Å². The minimum absolute atomic E-state index is 0.0391. The Balaban J connectivity index is 1.54. The molecule has 0 radical (unpaired) electrons. The molecule has 0 spiro atoms. The third kappa shape index (κ3) is 15.8. The Morgan fingerprint density at radius 3 is 1.36 bits per heavy atom. The van der Waals surface area contributed by atoms with Crippen molar-refractivity contribution in [3.63, 3.8) is 0 Å². The van der Waals surface area contributed by atoms with Gasteiger partial charge in [-0.3, -0.25) is 34.0 Å². The number of hydrogen-bond acceptors (Lipinski definition) is 12. The summed E-state index contributed by atoms with van der Waals surface area (Å²) >= 11 is 0. The first-order chi connectivity index (χ1) is 26.5. The second-order valence-corrected chi connectivity index (χ2v) is 16.3. The quantitative estimate of drug-likeness (QED) is 0.139. The first kappa shape index (κ1) is 44.1. The molecule has 0 N–H and O–H groups in total. The summed E-state index contributed by atoms with van der Waals surface area (Å²) in [6.07, 6.45) is 0.505. The minimum atomic E-state index is -0.727. The molecule has 0 saturated carbocycles. The van der Waals surface area contributed by atoms with Crippen molar-refractivity contribution in [3.05, 3.63) is 101 Å². The molecule has 0 amide bonds. The maximum Gasteiger partial charge on any atom is 0.323 e. The molecule has 2 bridgehead atoms. The van der Waals surface area contributed by atoms with Crippen molar-refractivity contribution in [2.24, 2.45) is 0 Å². The van der Waals surface area contributed by atoms with E-state index in [0.717, 1.165) is 22.5 Å². The highest BCUT2D eigenvalue weighted by molar-refractivity contribution is 5.78. The molecule has 2 aromatic carbocycles. The van der Waals surface area contributed by atoms with Crippen LogP contribution in [-0.4, -0.2) is 100 Å². The van der Waals surface area contributed by atoms with E-state index in [2.05, 4.69) is 4.90 Å². The van der Waals surface area contributed by atoms with Gasteiger partial charge >= 0.3 is 23.9 Å². The van der Waals surface area contributed by atoms with Crippen LogP contribution in [0.3, 0.4) is 0 Å². The first-order valence-corrected chi connectivity index (χ1v) is 19.5. The Bertz CT molecular complexity index is 1590. The van der Waals surface area contributed by atoms with E-state index in [9.17, 15) is 19.2 Å². The van der Waals surface area contributed by atoms with Crippen LogP contribution in [0.15, 0.2) is 78.9 Å². The summed E-state index contributed by atoms with van der Waals surface area (Å²) in [7, 11) is 1.99. The molecule has 304 valence electrons. The molecule has 56 heavy (non-hydrogen) atoms. The zero-order valence-corrected chi connectivity index (χ0v) is 34.2. The SMILES string of the molecule is CN1CCN(C(CCC(=O)OCc2ccccc2)C(=O)OC(C)(C)C)Cc2cccc(n2)CN([C@@H](CCC(=O)OCc2ccccc2)C(=O)OC(C)(C)C)CC1. The molecule has 0 saturated heterocycles. The van der Waals surface area contributed by atoms with Crippen LogP contribution in [0, 0.1) is 0 Å². The van der Waals surface area contributed by atoms with Crippen molar-refractivity contribution in [2.45, 2.75) is 117 Å². The highest BCUT2D eigenvalue weighted by atomic mass is 16.6. The van der Waals surface area contributed by atoms with Gasteiger partial charge in [-0.15, -0.1) is 0 Å². The first-order valence-electron chi connectivity index (χ1n) is 19.5. The Morgan fingerprint density at radius 2 is 0.982 bits per heavy atom. The van der Waals surface area contributed by atoms with Gasteiger partial charge in [0.2, 0.25) is 0 Å². The van der Waals surface area contributed by atoms with E-state index in [-0.39, 0.29) is 38.9 Å². The predicted molar refractivity (Wildman–Crippen MR) is 213 cm³/mol. The monoisotopic (exact) mass is 772 g/mol. The van der Waals surface area contributed by atoms with Gasteiger partial charge < -0.3 is 23.8 Å². The standard InChI is InChI=1S/C44H60N4O8/c1-43(2,3)55-41(51)37(21-23-39(49)53-31-33-15-10-8-11-16-33)47-27-25-46(7)26-28-48(30-36-20-14-19-35(29-47)45-36)38(42(52)56-44(4,5)6)22-24-40(50)54-32-34-17-12-9-13-18-34/h8-20,37-38H,21-32H2,1-7H3/t37-,38?/m0/s1. The van der Waals surface area contributed by atoms with Gasteiger partial charge in [-0.2, -0.15) is 0 Å². The van der Waals surface area contributed by atoms with Crippen LogP contribution in [0.4, 0.5) is 0 Å². The minimum Gasteiger partial charge on any atom is -0.461 e. The van der Waals surface area contributed by atoms with E-state index in [1.807, 2.05) is 137 Å². The normalized spacial score (nSPS) is 16.1. The lowest BCUT2D eigenvalue weighted by Crippen LogP contribution is -2.49. The van der Waals surface area contributed by atoms with Crippen molar-refractivity contribution in [2.75, 3.05) is 33.2 Å². The highest BCUT2D eigenvalue weighted by Crippen LogP contribution is 2.22. The largest absolute Gasteiger partial charge is 0.461 e. The summed E-state index contributed by atoms with van der Waals surface area (Å²) in [5.41, 5.74) is 1.78. The zero-order chi connectivity index (χ0) is 40.7. The van der Waals surface area contributed by atoms with E-state index in [1.165, 1.54) is 0 Å². The molecule has 12 nitrogen and oxygen atoms in total. The second kappa shape index (κ2) is 21.0. The lowest BCUT2D eigenvalue weighted by atomic mass is 10.1. The number of hydrogen-bond donors (Lipinski definition) is 0. The maximum absolute atomic E-state index is 13.8. The van der Waals surface area contributed by atoms with Crippen LogP contribution in [0.2, 0.25) is 0 Å². The van der Waals surface area contributed by atoms with Crippen LogP contribution in [0.1, 0.15) is 89.7 Å². The number of fused-ring (bicyclic) bond motifs is 2. The molecule has 4 rings (SSSR count). The molecule has 1 aliphatic heterocycles. The lowest BCUT2D eigenvalue weighted by molar-refractivity contribution is -0.163. The zero-order valence-electron chi connectivity index (χ0n) is 34.2. The highest BCUT2D eigenvalue weighted by Gasteiger charge is 2.34. The Morgan fingerprint density at radius 1 is 0.589 bits per heavy atom. The van der Waals surface area contributed by atoms with E-state index in [0.29, 0.717) is 39.3 Å². The summed E-state index contributed by atoms with van der Waals surface area (Å²) in [5, 5.41) is 0. The summed E-state index contributed by atoms with van der Waals surface area (Å²) in [6.45, 7) is 14.1. The molecule has 0 fully saturated rings. The third-order valence-corrected chi connectivity index (χ3v) is 9.10. The van der Waals surface area contributed by atoms with Gasteiger partial charge in [0.05, 0.1) is 11.4 Å². The number of nitrogens with zero attached hydrogens (tertiary/aromatic N) is 4. The Labute approximate surface area is 332 Å². The number of benzene rings is 2. The molecule has 3 aromatic rings. The van der Waals surface area contributed by atoms with Crippen molar-refractivity contribution in [1.82, 2.24) is 19.7 Å². The van der Waals surface area contributed by atoms with Gasteiger partial charge in [0, 0.05) is 52.1 Å².